The number of hydrogen-bond acceptors (Lipinski definition) is 4. The quantitative estimate of drug-likeness (QED) is 0.332. The molecule has 178 valence electrons. The summed E-state index contributed by atoms with van der Waals surface area (Å²) >= 11 is 1.37. The first-order valence-electron chi connectivity index (χ1n) is 11.3. The Labute approximate surface area is 209 Å². The number of thioether (sulfide) groups is 1. The first kappa shape index (κ1) is 24.3. The summed E-state index contributed by atoms with van der Waals surface area (Å²) in [6.45, 7) is 2.59. The average Bonchev–Trinajstić information content (AvgIpc) is 3.32. The van der Waals surface area contributed by atoms with Gasteiger partial charge in [-0.15, -0.1) is 0 Å². The molecular weight excluding hydrogens is 456 g/mol. The highest BCUT2D eigenvalue weighted by Crippen LogP contribution is 2.31. The molecule has 3 aromatic carbocycles. The number of amides is 2. The third-order valence-corrected chi connectivity index (χ3v) is 7.02. The van der Waals surface area contributed by atoms with E-state index in [0.717, 1.165) is 16.3 Å². The third kappa shape index (κ3) is 6.00. The number of rotatable bonds is 9. The van der Waals surface area contributed by atoms with Crippen LogP contribution in [0.15, 0.2) is 102 Å². The fourth-order valence-corrected chi connectivity index (χ4v) is 4.60. The zero-order chi connectivity index (χ0) is 24.7. The Morgan fingerprint density at radius 1 is 0.914 bits per heavy atom. The lowest BCUT2D eigenvalue weighted by Gasteiger charge is -2.31. The SMILES string of the molecule is Cn1ccnc1SCC(=O)Nc1ccc(C(=O)NCC(C)(c2ccccc2)c2ccccc2)cc1. The van der Waals surface area contributed by atoms with E-state index in [2.05, 4.69) is 46.8 Å². The van der Waals surface area contributed by atoms with Gasteiger partial charge in [-0.3, -0.25) is 9.59 Å². The van der Waals surface area contributed by atoms with E-state index in [1.54, 1.807) is 30.5 Å². The van der Waals surface area contributed by atoms with Crippen LogP contribution >= 0.6 is 11.8 Å². The topological polar surface area (TPSA) is 76.0 Å². The summed E-state index contributed by atoms with van der Waals surface area (Å²) in [6, 6.07) is 27.3. The molecule has 0 aliphatic rings. The minimum absolute atomic E-state index is 0.128. The second-order valence-electron chi connectivity index (χ2n) is 8.48. The van der Waals surface area contributed by atoms with E-state index in [0.29, 0.717) is 17.8 Å². The molecule has 4 aromatic rings. The van der Waals surface area contributed by atoms with Crippen LogP contribution in [-0.4, -0.2) is 33.7 Å². The van der Waals surface area contributed by atoms with E-state index in [4.69, 9.17) is 0 Å². The van der Waals surface area contributed by atoms with Crippen molar-refractivity contribution >= 4 is 29.3 Å². The number of hydrogen-bond donors (Lipinski definition) is 2. The first-order valence-corrected chi connectivity index (χ1v) is 12.3. The van der Waals surface area contributed by atoms with Crippen LogP contribution in [0.2, 0.25) is 0 Å². The molecule has 0 atom stereocenters. The Morgan fingerprint density at radius 2 is 1.51 bits per heavy atom. The largest absolute Gasteiger partial charge is 0.351 e. The Kier molecular flexibility index (Phi) is 7.67. The van der Waals surface area contributed by atoms with E-state index in [-0.39, 0.29) is 23.0 Å². The van der Waals surface area contributed by atoms with Gasteiger partial charge >= 0.3 is 0 Å². The standard InChI is InChI=1S/C28H28N4O2S/c1-28(22-9-5-3-6-10-22,23-11-7-4-8-12-23)20-30-26(34)21-13-15-24(16-14-21)31-25(33)19-35-27-29-17-18-32(27)2/h3-18H,19-20H2,1-2H3,(H,30,34)(H,31,33). The van der Waals surface area contributed by atoms with Gasteiger partial charge in [0.05, 0.1) is 5.75 Å². The predicted molar refractivity (Wildman–Crippen MR) is 141 cm³/mol. The van der Waals surface area contributed by atoms with Gasteiger partial charge in [-0.1, -0.05) is 72.4 Å². The van der Waals surface area contributed by atoms with Gasteiger partial charge < -0.3 is 15.2 Å². The number of anilines is 1. The highest BCUT2D eigenvalue weighted by Gasteiger charge is 2.29. The van der Waals surface area contributed by atoms with Crippen LogP contribution in [0.3, 0.4) is 0 Å². The predicted octanol–water partition coefficient (Wildman–Crippen LogP) is 4.89. The Bertz CT molecular complexity index is 1230. The minimum Gasteiger partial charge on any atom is -0.351 e. The van der Waals surface area contributed by atoms with Crippen LogP contribution in [0, 0.1) is 0 Å². The van der Waals surface area contributed by atoms with Gasteiger partial charge in [0.2, 0.25) is 5.91 Å². The van der Waals surface area contributed by atoms with Gasteiger partial charge in [-0.2, -0.15) is 0 Å². The second-order valence-corrected chi connectivity index (χ2v) is 9.42. The molecule has 0 unspecified atom stereocenters. The summed E-state index contributed by atoms with van der Waals surface area (Å²) < 4.78 is 1.87. The molecule has 4 rings (SSSR count). The smallest absolute Gasteiger partial charge is 0.251 e. The number of carbonyl (C=O) groups is 2. The molecule has 0 bridgehead atoms. The molecule has 0 saturated carbocycles. The van der Waals surface area contributed by atoms with Crippen molar-refractivity contribution in [3.8, 4) is 0 Å². The molecule has 0 saturated heterocycles. The maximum atomic E-state index is 12.9. The number of aryl methyl sites for hydroxylation is 1. The Morgan fingerprint density at radius 3 is 2.06 bits per heavy atom. The minimum atomic E-state index is -0.378. The van der Waals surface area contributed by atoms with Gasteiger partial charge in [-0.05, 0) is 42.3 Å². The summed E-state index contributed by atoms with van der Waals surface area (Å²) in [7, 11) is 1.89. The van der Waals surface area contributed by atoms with Crippen LogP contribution in [0.25, 0.3) is 0 Å². The monoisotopic (exact) mass is 484 g/mol. The number of nitrogens with one attached hydrogen (secondary N) is 2. The normalized spacial score (nSPS) is 11.1. The van der Waals surface area contributed by atoms with Gasteiger partial charge in [0.25, 0.3) is 5.91 Å². The molecule has 0 fully saturated rings. The molecule has 2 amide bonds. The third-order valence-electron chi connectivity index (χ3n) is 5.96. The van der Waals surface area contributed by atoms with Crippen molar-refractivity contribution in [3.63, 3.8) is 0 Å². The molecule has 35 heavy (non-hydrogen) atoms. The van der Waals surface area contributed by atoms with Crippen molar-refractivity contribution < 1.29 is 9.59 Å². The summed E-state index contributed by atoms with van der Waals surface area (Å²) in [5, 5.41) is 6.74. The fourth-order valence-electron chi connectivity index (χ4n) is 3.87. The highest BCUT2D eigenvalue weighted by atomic mass is 32.2. The van der Waals surface area contributed by atoms with Crippen LogP contribution in [0.5, 0.6) is 0 Å². The maximum Gasteiger partial charge on any atom is 0.251 e. The average molecular weight is 485 g/mol. The number of benzene rings is 3. The number of carbonyl (C=O) groups excluding carboxylic acids is 2. The lowest BCUT2D eigenvalue weighted by atomic mass is 9.76. The maximum absolute atomic E-state index is 12.9. The van der Waals surface area contributed by atoms with Crippen molar-refractivity contribution in [1.82, 2.24) is 14.9 Å². The van der Waals surface area contributed by atoms with E-state index in [9.17, 15) is 9.59 Å². The van der Waals surface area contributed by atoms with Gasteiger partial charge in [0, 0.05) is 42.7 Å². The Hall–Kier alpha value is -3.84. The Balaban J connectivity index is 1.37. The van der Waals surface area contributed by atoms with Crippen molar-refractivity contribution in [2.75, 3.05) is 17.6 Å². The van der Waals surface area contributed by atoms with Crippen molar-refractivity contribution in [2.45, 2.75) is 17.5 Å². The van der Waals surface area contributed by atoms with Crippen molar-refractivity contribution in [3.05, 3.63) is 114 Å². The molecule has 0 spiro atoms. The fraction of sp³-hybridized carbons (Fsp3) is 0.179. The van der Waals surface area contributed by atoms with E-state index < -0.39 is 0 Å². The number of aromatic nitrogens is 2. The molecule has 1 aromatic heterocycles. The molecule has 2 N–H and O–H groups in total. The lowest BCUT2D eigenvalue weighted by molar-refractivity contribution is -0.113. The first-order chi connectivity index (χ1) is 17.0. The molecule has 0 aliphatic carbocycles. The second kappa shape index (κ2) is 11.1. The number of imidazole rings is 1. The summed E-state index contributed by atoms with van der Waals surface area (Å²) in [5.74, 6) is -0.0343. The molecule has 0 radical (unpaired) electrons. The van der Waals surface area contributed by atoms with E-state index in [1.165, 1.54) is 11.8 Å². The van der Waals surface area contributed by atoms with Crippen molar-refractivity contribution in [2.24, 2.45) is 7.05 Å². The van der Waals surface area contributed by atoms with Gasteiger partial charge in [-0.25, -0.2) is 4.98 Å². The molecular formula is C28H28N4O2S. The van der Waals surface area contributed by atoms with Crippen LogP contribution in [-0.2, 0) is 17.3 Å². The van der Waals surface area contributed by atoms with Crippen LogP contribution in [0.4, 0.5) is 5.69 Å². The molecule has 0 aliphatic heterocycles. The summed E-state index contributed by atoms with van der Waals surface area (Å²) in [6.07, 6.45) is 3.54. The van der Waals surface area contributed by atoms with Crippen molar-refractivity contribution in [1.29, 1.82) is 0 Å². The van der Waals surface area contributed by atoms with E-state index >= 15 is 0 Å². The molecule has 1 heterocycles. The van der Waals surface area contributed by atoms with Gasteiger partial charge in [0.15, 0.2) is 5.16 Å². The summed E-state index contributed by atoms with van der Waals surface area (Å²) in [4.78, 5) is 29.4. The van der Waals surface area contributed by atoms with Crippen LogP contribution < -0.4 is 10.6 Å². The van der Waals surface area contributed by atoms with Crippen LogP contribution in [0.1, 0.15) is 28.4 Å². The number of nitrogens with zero attached hydrogens (tertiary/aromatic N) is 2. The van der Waals surface area contributed by atoms with E-state index in [1.807, 2.05) is 54.2 Å². The highest BCUT2D eigenvalue weighted by molar-refractivity contribution is 7.99. The molecule has 6 nitrogen and oxygen atoms in total. The zero-order valence-corrected chi connectivity index (χ0v) is 20.6. The lowest BCUT2D eigenvalue weighted by Crippen LogP contribution is -2.39. The van der Waals surface area contributed by atoms with Gasteiger partial charge in [0.1, 0.15) is 0 Å². The molecule has 7 heteroatoms. The summed E-state index contributed by atoms with van der Waals surface area (Å²) in [5.41, 5.74) is 3.07. The zero-order valence-electron chi connectivity index (χ0n) is 19.8.